The van der Waals surface area contributed by atoms with Crippen molar-refractivity contribution in [1.29, 1.82) is 0 Å². The number of esters is 1. The number of carbonyl (C=O) groups is 1. The van der Waals surface area contributed by atoms with Gasteiger partial charge in [0.1, 0.15) is 0 Å². The van der Waals surface area contributed by atoms with Crippen LogP contribution in [0.4, 0.5) is 5.82 Å². The van der Waals surface area contributed by atoms with Crippen molar-refractivity contribution < 1.29 is 27.4 Å². The summed E-state index contributed by atoms with van der Waals surface area (Å²) < 4.78 is 43.1. The molecule has 0 fully saturated rings. The van der Waals surface area contributed by atoms with Gasteiger partial charge in [-0.15, -0.1) is 0 Å². The maximum atomic E-state index is 13.0. The van der Waals surface area contributed by atoms with Crippen LogP contribution in [0.2, 0.25) is 0 Å². The number of fused-ring (bicyclic) bond motifs is 1. The van der Waals surface area contributed by atoms with Crippen LogP contribution < -0.4 is 15.2 Å². The van der Waals surface area contributed by atoms with E-state index in [1.807, 2.05) is 6.92 Å². The lowest BCUT2D eigenvalue weighted by Crippen LogP contribution is -2.15. The number of sulfone groups is 1. The summed E-state index contributed by atoms with van der Waals surface area (Å²) in [6.07, 6.45) is 1.76. The van der Waals surface area contributed by atoms with Gasteiger partial charge in [0, 0.05) is 6.54 Å². The van der Waals surface area contributed by atoms with Gasteiger partial charge >= 0.3 is 12.0 Å². The Hall–Kier alpha value is -3.41. The Morgan fingerprint density at radius 1 is 1.18 bits per heavy atom. The van der Waals surface area contributed by atoms with E-state index in [1.54, 1.807) is 12.1 Å². The normalized spacial score (nSPS) is 11.5. The Balaban J connectivity index is 1.88. The molecule has 3 rings (SSSR count). The third-order valence-corrected chi connectivity index (χ3v) is 6.59. The molecule has 0 atom stereocenters. The second-order valence-electron chi connectivity index (χ2n) is 7.23. The summed E-state index contributed by atoms with van der Waals surface area (Å²) in [5.74, 6) is -0.595. The Labute approximate surface area is 191 Å². The molecule has 0 saturated carbocycles. The second-order valence-corrected chi connectivity index (χ2v) is 9.34. The number of methoxy groups -OCH3 is 2. The molecule has 0 bridgehead atoms. The first-order valence-electron chi connectivity index (χ1n) is 10.4. The van der Waals surface area contributed by atoms with Gasteiger partial charge in [0.15, 0.2) is 26.8 Å². The first kappa shape index (κ1) is 24.2. The Bertz CT molecular complexity index is 1240. The third kappa shape index (κ3) is 5.69. The van der Waals surface area contributed by atoms with E-state index in [-0.39, 0.29) is 41.5 Å². The van der Waals surface area contributed by atoms with Crippen molar-refractivity contribution >= 4 is 32.8 Å². The standard InChI is InChI=1S/C21H27N5O6S/c1-4-5-10-32-20-24-18(22)17-19(25-20)26(21(23-17)31-3)9-11-33(28,29)15-8-6-7-14(12-15)13-16(27)30-2/h6-8,12H,4-5,9-11,13H2,1-3H3,(H2,22,24,25). The molecule has 2 N–H and O–H groups in total. The maximum absolute atomic E-state index is 13.0. The van der Waals surface area contributed by atoms with Gasteiger partial charge in [0.05, 0.1) is 37.9 Å². The van der Waals surface area contributed by atoms with Gasteiger partial charge in [-0.2, -0.15) is 15.0 Å². The number of aryl methyl sites for hydroxylation is 1. The summed E-state index contributed by atoms with van der Waals surface area (Å²) in [5.41, 5.74) is 7.18. The molecule has 33 heavy (non-hydrogen) atoms. The summed E-state index contributed by atoms with van der Waals surface area (Å²) in [4.78, 5) is 24.4. The molecule has 0 aliphatic rings. The molecular formula is C21H27N5O6S. The van der Waals surface area contributed by atoms with Crippen molar-refractivity contribution in [2.24, 2.45) is 0 Å². The zero-order valence-electron chi connectivity index (χ0n) is 18.8. The molecule has 12 heteroatoms. The number of nitrogens with two attached hydrogens (primary N) is 1. The molecule has 0 radical (unpaired) electrons. The number of unbranched alkanes of at least 4 members (excludes halogenated alkanes) is 1. The summed E-state index contributed by atoms with van der Waals surface area (Å²) in [5, 5.41) is 0. The summed E-state index contributed by atoms with van der Waals surface area (Å²) in [6.45, 7) is 2.48. The van der Waals surface area contributed by atoms with Gasteiger partial charge < -0.3 is 19.9 Å². The van der Waals surface area contributed by atoms with Crippen molar-refractivity contribution in [3.05, 3.63) is 29.8 Å². The Morgan fingerprint density at radius 3 is 2.67 bits per heavy atom. The van der Waals surface area contributed by atoms with Gasteiger partial charge in [0.2, 0.25) is 0 Å². The van der Waals surface area contributed by atoms with Crippen LogP contribution in [-0.2, 0) is 32.3 Å². The molecule has 0 aliphatic carbocycles. The molecular weight excluding hydrogens is 450 g/mol. The van der Waals surface area contributed by atoms with Crippen LogP contribution in [0, 0.1) is 0 Å². The van der Waals surface area contributed by atoms with E-state index in [0.29, 0.717) is 23.3 Å². The van der Waals surface area contributed by atoms with E-state index in [1.165, 1.54) is 30.9 Å². The van der Waals surface area contributed by atoms with Gasteiger partial charge in [-0.3, -0.25) is 9.36 Å². The predicted octanol–water partition coefficient (Wildman–Crippen LogP) is 1.79. The van der Waals surface area contributed by atoms with E-state index < -0.39 is 15.8 Å². The molecule has 0 spiro atoms. The molecule has 1 aromatic carbocycles. The Kier molecular flexibility index (Phi) is 7.69. The van der Waals surface area contributed by atoms with Gasteiger partial charge in [-0.05, 0) is 24.1 Å². The van der Waals surface area contributed by atoms with E-state index in [2.05, 4.69) is 19.7 Å². The number of benzene rings is 1. The topological polar surface area (TPSA) is 149 Å². The molecule has 3 aromatic rings. The van der Waals surface area contributed by atoms with Gasteiger partial charge in [-0.25, -0.2) is 8.42 Å². The highest BCUT2D eigenvalue weighted by atomic mass is 32.2. The largest absolute Gasteiger partial charge is 0.469 e. The lowest BCUT2D eigenvalue weighted by atomic mass is 10.1. The van der Waals surface area contributed by atoms with Crippen LogP contribution in [0.25, 0.3) is 11.2 Å². The number of aromatic nitrogens is 4. The molecule has 2 aromatic heterocycles. The number of nitrogen functional groups attached to an aromatic ring is 1. The predicted molar refractivity (Wildman–Crippen MR) is 121 cm³/mol. The average Bonchev–Trinajstić information content (AvgIpc) is 3.16. The number of carbonyl (C=O) groups excluding carboxylic acids is 1. The first-order chi connectivity index (χ1) is 15.8. The minimum Gasteiger partial charge on any atom is -0.469 e. The fourth-order valence-electron chi connectivity index (χ4n) is 3.13. The van der Waals surface area contributed by atoms with Crippen molar-refractivity contribution in [2.75, 3.05) is 32.3 Å². The molecule has 0 amide bonds. The summed E-state index contributed by atoms with van der Waals surface area (Å²) in [6, 6.07) is 6.46. The molecule has 2 heterocycles. The summed E-state index contributed by atoms with van der Waals surface area (Å²) >= 11 is 0. The average molecular weight is 478 g/mol. The molecule has 0 saturated heterocycles. The van der Waals surface area contributed by atoms with Crippen LogP contribution in [0.15, 0.2) is 29.2 Å². The minimum atomic E-state index is -3.70. The lowest BCUT2D eigenvalue weighted by Gasteiger charge is -2.10. The van der Waals surface area contributed by atoms with Crippen LogP contribution in [0.3, 0.4) is 0 Å². The highest BCUT2D eigenvalue weighted by Crippen LogP contribution is 2.26. The minimum absolute atomic E-state index is 0.00803. The highest BCUT2D eigenvalue weighted by Gasteiger charge is 2.21. The van der Waals surface area contributed by atoms with E-state index in [4.69, 9.17) is 15.2 Å². The maximum Gasteiger partial charge on any atom is 0.320 e. The lowest BCUT2D eigenvalue weighted by molar-refractivity contribution is -0.139. The number of anilines is 1. The van der Waals surface area contributed by atoms with E-state index in [9.17, 15) is 13.2 Å². The van der Waals surface area contributed by atoms with Crippen molar-refractivity contribution in [2.45, 2.75) is 37.6 Å². The quantitative estimate of drug-likeness (QED) is 0.320. The Morgan fingerprint density at radius 2 is 1.97 bits per heavy atom. The second kappa shape index (κ2) is 10.5. The third-order valence-electron chi connectivity index (χ3n) is 4.90. The van der Waals surface area contributed by atoms with E-state index in [0.717, 1.165) is 12.8 Å². The zero-order chi connectivity index (χ0) is 24.0. The first-order valence-corrected chi connectivity index (χ1v) is 12.0. The van der Waals surface area contributed by atoms with Crippen LogP contribution in [-0.4, -0.2) is 60.5 Å². The van der Waals surface area contributed by atoms with Gasteiger partial charge in [-0.1, -0.05) is 25.5 Å². The SMILES string of the molecule is CCCCOc1nc(N)c2nc(OC)n(CCS(=O)(=O)c3cccc(CC(=O)OC)c3)c2n1. The number of imidazole rings is 1. The molecule has 178 valence electrons. The van der Waals surface area contributed by atoms with Crippen molar-refractivity contribution in [3.8, 4) is 12.0 Å². The van der Waals surface area contributed by atoms with Crippen molar-refractivity contribution in [1.82, 2.24) is 19.5 Å². The highest BCUT2D eigenvalue weighted by molar-refractivity contribution is 7.91. The number of hydrogen-bond acceptors (Lipinski definition) is 10. The number of nitrogens with zero attached hydrogens (tertiary/aromatic N) is 4. The van der Waals surface area contributed by atoms with Crippen LogP contribution in [0.5, 0.6) is 12.0 Å². The summed E-state index contributed by atoms with van der Waals surface area (Å²) in [7, 11) is -0.994. The smallest absolute Gasteiger partial charge is 0.320 e. The number of hydrogen-bond donors (Lipinski definition) is 1. The van der Waals surface area contributed by atoms with Crippen LogP contribution in [0.1, 0.15) is 25.3 Å². The monoisotopic (exact) mass is 477 g/mol. The van der Waals surface area contributed by atoms with Crippen LogP contribution >= 0.6 is 0 Å². The molecule has 0 aliphatic heterocycles. The number of ether oxygens (including phenoxy) is 3. The zero-order valence-corrected chi connectivity index (χ0v) is 19.6. The van der Waals surface area contributed by atoms with Crippen molar-refractivity contribution in [3.63, 3.8) is 0 Å². The molecule has 0 unspecified atom stereocenters. The number of rotatable bonds is 11. The fourth-order valence-corrected chi connectivity index (χ4v) is 4.40. The van der Waals surface area contributed by atoms with E-state index >= 15 is 0 Å². The molecule has 11 nitrogen and oxygen atoms in total. The fraction of sp³-hybridized carbons (Fsp3) is 0.429. The van der Waals surface area contributed by atoms with Gasteiger partial charge in [0.25, 0.3) is 6.01 Å².